The summed E-state index contributed by atoms with van der Waals surface area (Å²) in [5.74, 6) is -0.179. The normalized spacial score (nSPS) is 11.3. The zero-order chi connectivity index (χ0) is 20.8. The number of phenols is 1. The summed E-state index contributed by atoms with van der Waals surface area (Å²) in [6, 6.07) is 13.0. The van der Waals surface area contributed by atoms with Crippen LogP contribution in [0.1, 0.15) is 18.1 Å². The minimum Gasteiger partial charge on any atom is -0.504 e. The first kappa shape index (κ1) is 20.5. The predicted molar refractivity (Wildman–Crippen MR) is 116 cm³/mol. The van der Waals surface area contributed by atoms with Crippen molar-refractivity contribution in [1.29, 1.82) is 5.26 Å². The number of rotatable bonds is 7. The van der Waals surface area contributed by atoms with E-state index in [1.165, 1.54) is 12.1 Å². The van der Waals surface area contributed by atoms with Crippen molar-refractivity contribution >= 4 is 38.8 Å². The van der Waals surface area contributed by atoms with Gasteiger partial charge in [0.2, 0.25) is 0 Å². The van der Waals surface area contributed by atoms with Gasteiger partial charge >= 0.3 is 0 Å². The quantitative estimate of drug-likeness (QED) is 0.366. The zero-order valence-corrected chi connectivity index (χ0v) is 17.4. The van der Waals surface area contributed by atoms with E-state index >= 15 is 0 Å². The molecule has 0 bridgehead atoms. The molecule has 3 N–H and O–H groups in total. The Morgan fingerprint density at radius 1 is 1.38 bits per heavy atom. The highest BCUT2D eigenvalue weighted by molar-refractivity contribution is 9.10. The summed E-state index contributed by atoms with van der Waals surface area (Å²) in [6.45, 7) is 2.59. The average Bonchev–Trinajstić information content (AvgIpc) is 3.12. The molecule has 1 amide bonds. The molecule has 0 radical (unpaired) electrons. The molecule has 0 atom stereocenters. The van der Waals surface area contributed by atoms with E-state index in [2.05, 4.69) is 26.2 Å². The highest BCUT2D eigenvalue weighted by Crippen LogP contribution is 2.33. The standard InChI is InChI=1S/C22H20BrN3O3/c1-2-29-21-10-15(18(23)11-20(21)27)9-16(12-24)22(28)25-8-7-14-13-26-19-6-4-3-5-17(14)19/h3-6,9-11,13,26-27H,2,7-8H2,1H3,(H,25,28)/b16-9-. The number of ether oxygens (including phenoxy) is 1. The third kappa shape index (κ3) is 4.79. The summed E-state index contributed by atoms with van der Waals surface area (Å²) in [4.78, 5) is 15.7. The minimum atomic E-state index is -0.453. The number of fused-ring (bicyclic) bond motifs is 1. The van der Waals surface area contributed by atoms with E-state index < -0.39 is 5.91 Å². The SMILES string of the molecule is CCOc1cc(/C=C(/C#N)C(=O)NCCc2c[nH]c3ccccc23)c(Br)cc1O. The van der Waals surface area contributed by atoms with Gasteiger partial charge in [-0.1, -0.05) is 34.1 Å². The van der Waals surface area contributed by atoms with E-state index in [0.29, 0.717) is 35.4 Å². The molecule has 2 aromatic carbocycles. The van der Waals surface area contributed by atoms with Crippen molar-refractivity contribution in [1.82, 2.24) is 10.3 Å². The predicted octanol–water partition coefficient (Wildman–Crippen LogP) is 4.30. The molecule has 0 spiro atoms. The van der Waals surface area contributed by atoms with Crippen LogP contribution < -0.4 is 10.1 Å². The number of aromatic nitrogens is 1. The van der Waals surface area contributed by atoms with Crippen molar-refractivity contribution in [3.63, 3.8) is 0 Å². The Bertz CT molecular complexity index is 1110. The molecule has 3 rings (SSSR count). The minimum absolute atomic E-state index is 0.0161. The summed E-state index contributed by atoms with van der Waals surface area (Å²) >= 11 is 3.34. The van der Waals surface area contributed by atoms with Gasteiger partial charge in [0.05, 0.1) is 6.61 Å². The molecular formula is C22H20BrN3O3. The topological polar surface area (TPSA) is 98.1 Å². The number of carbonyl (C=O) groups is 1. The lowest BCUT2D eigenvalue weighted by molar-refractivity contribution is -0.117. The lowest BCUT2D eigenvalue weighted by Gasteiger charge is -2.09. The van der Waals surface area contributed by atoms with Gasteiger partial charge in [-0.15, -0.1) is 0 Å². The highest BCUT2D eigenvalue weighted by atomic mass is 79.9. The second-order valence-electron chi connectivity index (χ2n) is 6.31. The Morgan fingerprint density at radius 3 is 2.93 bits per heavy atom. The number of phenolic OH excluding ortho intramolecular Hbond substituents is 1. The first-order valence-electron chi connectivity index (χ1n) is 9.13. The zero-order valence-electron chi connectivity index (χ0n) is 15.8. The number of carbonyl (C=O) groups excluding carboxylic acids is 1. The molecule has 0 fully saturated rings. The van der Waals surface area contributed by atoms with Crippen LogP contribution in [0.5, 0.6) is 11.5 Å². The van der Waals surface area contributed by atoms with E-state index in [1.807, 2.05) is 36.5 Å². The van der Waals surface area contributed by atoms with Gasteiger partial charge in [0, 0.05) is 28.1 Å². The Balaban J connectivity index is 1.70. The number of aromatic amines is 1. The number of benzene rings is 2. The maximum atomic E-state index is 12.5. The van der Waals surface area contributed by atoms with E-state index in [4.69, 9.17) is 4.74 Å². The summed E-state index contributed by atoms with van der Waals surface area (Å²) < 4.78 is 5.92. The van der Waals surface area contributed by atoms with Crippen LogP contribution in [0.3, 0.4) is 0 Å². The largest absolute Gasteiger partial charge is 0.504 e. The molecule has 3 aromatic rings. The molecule has 29 heavy (non-hydrogen) atoms. The van der Waals surface area contributed by atoms with Crippen LogP contribution >= 0.6 is 15.9 Å². The number of hydrogen-bond acceptors (Lipinski definition) is 4. The summed E-state index contributed by atoms with van der Waals surface area (Å²) in [5, 5.41) is 23.2. The molecule has 1 heterocycles. The molecule has 0 aliphatic rings. The molecule has 1 aromatic heterocycles. The lowest BCUT2D eigenvalue weighted by Crippen LogP contribution is -2.26. The summed E-state index contributed by atoms with van der Waals surface area (Å²) in [6.07, 6.45) is 4.04. The van der Waals surface area contributed by atoms with Gasteiger partial charge in [0.15, 0.2) is 11.5 Å². The smallest absolute Gasteiger partial charge is 0.261 e. The van der Waals surface area contributed by atoms with Crippen LogP contribution in [0.15, 0.2) is 52.6 Å². The fourth-order valence-electron chi connectivity index (χ4n) is 2.99. The number of hydrogen-bond donors (Lipinski definition) is 3. The number of amides is 1. The van der Waals surface area contributed by atoms with Gasteiger partial charge in [-0.3, -0.25) is 4.79 Å². The monoisotopic (exact) mass is 453 g/mol. The van der Waals surface area contributed by atoms with Gasteiger partial charge in [-0.05, 0) is 48.7 Å². The van der Waals surface area contributed by atoms with Gasteiger partial charge in [0.25, 0.3) is 5.91 Å². The third-order valence-electron chi connectivity index (χ3n) is 4.40. The number of para-hydroxylation sites is 1. The van der Waals surface area contributed by atoms with Crippen LogP contribution in [0.2, 0.25) is 0 Å². The van der Waals surface area contributed by atoms with E-state index in [9.17, 15) is 15.2 Å². The molecular weight excluding hydrogens is 434 g/mol. The van der Waals surface area contributed by atoms with Gasteiger partial charge < -0.3 is 20.1 Å². The molecule has 0 saturated heterocycles. The van der Waals surface area contributed by atoms with Crippen molar-refractivity contribution in [2.75, 3.05) is 13.2 Å². The first-order valence-corrected chi connectivity index (χ1v) is 9.93. The number of aromatic hydroxyl groups is 1. The fourth-order valence-corrected chi connectivity index (χ4v) is 3.43. The van der Waals surface area contributed by atoms with Crippen LogP contribution in [-0.4, -0.2) is 29.1 Å². The van der Waals surface area contributed by atoms with Crippen molar-refractivity contribution in [3.05, 3.63) is 63.8 Å². The number of H-pyrrole nitrogens is 1. The maximum absolute atomic E-state index is 12.5. The van der Waals surface area contributed by atoms with Crippen LogP contribution in [0.25, 0.3) is 17.0 Å². The Hall–Kier alpha value is -3.24. The second-order valence-corrected chi connectivity index (χ2v) is 7.16. The van der Waals surface area contributed by atoms with Gasteiger partial charge in [-0.2, -0.15) is 5.26 Å². The molecule has 6 nitrogen and oxygen atoms in total. The van der Waals surface area contributed by atoms with Gasteiger partial charge in [0.1, 0.15) is 11.6 Å². The average molecular weight is 454 g/mol. The highest BCUT2D eigenvalue weighted by Gasteiger charge is 2.13. The molecule has 148 valence electrons. The second kappa shape index (κ2) is 9.30. The number of nitrogens with zero attached hydrogens (tertiary/aromatic N) is 1. The summed E-state index contributed by atoms with van der Waals surface area (Å²) in [7, 11) is 0. The van der Waals surface area contributed by atoms with Crippen molar-refractivity contribution < 1.29 is 14.6 Å². The van der Waals surface area contributed by atoms with Crippen LogP contribution in [-0.2, 0) is 11.2 Å². The van der Waals surface area contributed by atoms with E-state index in [0.717, 1.165) is 16.5 Å². The summed E-state index contributed by atoms with van der Waals surface area (Å²) in [5.41, 5.74) is 2.69. The van der Waals surface area contributed by atoms with E-state index in [-0.39, 0.29) is 11.3 Å². The molecule has 0 unspecified atom stereocenters. The Kier molecular flexibility index (Phi) is 6.57. The van der Waals surface area contributed by atoms with Crippen LogP contribution in [0.4, 0.5) is 0 Å². The maximum Gasteiger partial charge on any atom is 0.261 e. The van der Waals surface area contributed by atoms with Crippen molar-refractivity contribution in [2.24, 2.45) is 0 Å². The molecule has 7 heteroatoms. The lowest BCUT2D eigenvalue weighted by atomic mass is 10.1. The third-order valence-corrected chi connectivity index (χ3v) is 5.08. The molecule has 0 aliphatic heterocycles. The number of nitriles is 1. The van der Waals surface area contributed by atoms with Crippen molar-refractivity contribution in [2.45, 2.75) is 13.3 Å². The van der Waals surface area contributed by atoms with Crippen LogP contribution in [0, 0.1) is 11.3 Å². The van der Waals surface area contributed by atoms with Crippen molar-refractivity contribution in [3.8, 4) is 17.6 Å². The molecule has 0 aliphatic carbocycles. The first-order chi connectivity index (χ1) is 14.0. The Labute approximate surface area is 176 Å². The van der Waals surface area contributed by atoms with Gasteiger partial charge in [-0.25, -0.2) is 0 Å². The van der Waals surface area contributed by atoms with E-state index in [1.54, 1.807) is 13.0 Å². The molecule has 0 saturated carbocycles. The fraction of sp³-hybridized carbons (Fsp3) is 0.182. The Morgan fingerprint density at radius 2 is 2.17 bits per heavy atom. The number of nitrogens with one attached hydrogen (secondary N) is 2. The number of halogens is 1.